The Hall–Kier alpha value is -4.77. The van der Waals surface area contributed by atoms with Crippen LogP contribution >= 0.6 is 0 Å². The number of para-hydroxylation sites is 1. The number of rotatable bonds is 14. The second-order valence-corrected chi connectivity index (χ2v) is 14.3. The van der Waals surface area contributed by atoms with E-state index in [2.05, 4.69) is 5.32 Å². The lowest BCUT2D eigenvalue weighted by atomic mass is 9.90. The standard InChI is InChI=1S/C42H46N2O8/c1-44(34(39(47)43-21-22-45)24-28-9-3-2-4-10-28)40(48)31-25-36(38-37(26-31)51-42(52-38,32-17-18-32)33-19-20-33)50-41(49)30-15-8-12-27(23-30)11-7-14-29-13-5-6-16-35(29)46/h2-13,15-16,23,26,32-34,36-38,45-46H,14,17-22,24-25H2,1H3,(H,43,47)/t34-,36-,37-,38+/m1/s1. The number of hydrogen-bond acceptors (Lipinski definition) is 8. The zero-order chi connectivity index (χ0) is 36.2. The number of ether oxygens (including phenoxy) is 3. The molecular weight excluding hydrogens is 660 g/mol. The lowest BCUT2D eigenvalue weighted by molar-refractivity contribution is -0.209. The third-order valence-electron chi connectivity index (χ3n) is 10.5. The molecule has 0 bridgehead atoms. The summed E-state index contributed by atoms with van der Waals surface area (Å²) in [5.41, 5.74) is 3.24. The van der Waals surface area contributed by atoms with E-state index in [-0.39, 0.29) is 55.4 Å². The summed E-state index contributed by atoms with van der Waals surface area (Å²) in [5, 5.41) is 22.2. The van der Waals surface area contributed by atoms with Crippen molar-refractivity contribution >= 4 is 23.9 Å². The quantitative estimate of drug-likeness (QED) is 0.200. The van der Waals surface area contributed by atoms with Gasteiger partial charge in [0.05, 0.1) is 12.2 Å². The number of carbonyl (C=O) groups excluding carboxylic acids is 3. The Labute approximate surface area is 304 Å². The van der Waals surface area contributed by atoms with Gasteiger partial charge in [-0.1, -0.05) is 72.8 Å². The molecular formula is C42H46N2O8. The second-order valence-electron chi connectivity index (χ2n) is 14.3. The third kappa shape index (κ3) is 7.84. The van der Waals surface area contributed by atoms with E-state index in [0.717, 1.165) is 42.4 Å². The summed E-state index contributed by atoms with van der Waals surface area (Å²) in [6, 6.07) is 22.9. The number of phenolic OH excluding ortho intramolecular Hbond substituents is 1. The van der Waals surface area contributed by atoms with Gasteiger partial charge < -0.3 is 34.6 Å². The first-order valence-corrected chi connectivity index (χ1v) is 18.3. The van der Waals surface area contributed by atoms with Gasteiger partial charge in [0.2, 0.25) is 11.8 Å². The lowest BCUT2D eigenvalue weighted by Crippen LogP contribution is -2.51. The summed E-state index contributed by atoms with van der Waals surface area (Å²) < 4.78 is 19.8. The summed E-state index contributed by atoms with van der Waals surface area (Å²) in [5.74, 6) is -1.26. The molecule has 0 radical (unpaired) electrons. The number of amides is 2. The van der Waals surface area contributed by atoms with Crippen LogP contribution < -0.4 is 5.32 Å². The van der Waals surface area contributed by atoms with Gasteiger partial charge in [0, 0.05) is 43.8 Å². The summed E-state index contributed by atoms with van der Waals surface area (Å²) in [6.45, 7) is -0.152. The molecule has 3 aliphatic carbocycles. The minimum Gasteiger partial charge on any atom is -0.508 e. The molecule has 3 aromatic rings. The van der Waals surface area contributed by atoms with Crippen LogP contribution in [0.25, 0.3) is 6.08 Å². The van der Waals surface area contributed by atoms with Gasteiger partial charge in [0.15, 0.2) is 5.79 Å². The smallest absolute Gasteiger partial charge is 0.338 e. The van der Waals surface area contributed by atoms with Gasteiger partial charge in [0.1, 0.15) is 30.1 Å². The number of esters is 1. The molecule has 10 heteroatoms. The van der Waals surface area contributed by atoms with Crippen LogP contribution in [0.1, 0.15) is 59.2 Å². The first-order valence-electron chi connectivity index (χ1n) is 18.3. The zero-order valence-electron chi connectivity index (χ0n) is 29.4. The molecule has 272 valence electrons. The van der Waals surface area contributed by atoms with Crippen molar-refractivity contribution in [1.29, 1.82) is 0 Å². The third-order valence-corrected chi connectivity index (χ3v) is 10.5. The normalized spacial score (nSPS) is 22.7. The summed E-state index contributed by atoms with van der Waals surface area (Å²) >= 11 is 0. The van der Waals surface area contributed by atoms with E-state index < -0.39 is 36.1 Å². The molecule has 2 saturated carbocycles. The predicted molar refractivity (Wildman–Crippen MR) is 194 cm³/mol. The number of aromatic hydroxyl groups is 1. The number of carbonyl (C=O) groups is 3. The molecule has 0 aromatic heterocycles. The Morgan fingerprint density at radius 2 is 1.71 bits per heavy atom. The largest absolute Gasteiger partial charge is 0.508 e. The maximum atomic E-state index is 14.3. The van der Waals surface area contributed by atoms with E-state index in [1.165, 1.54) is 4.90 Å². The van der Waals surface area contributed by atoms with Crippen molar-refractivity contribution in [3.8, 4) is 5.75 Å². The van der Waals surface area contributed by atoms with E-state index in [9.17, 15) is 24.6 Å². The minimum absolute atomic E-state index is 0.0693. The molecule has 10 nitrogen and oxygen atoms in total. The highest BCUT2D eigenvalue weighted by Crippen LogP contribution is 2.59. The van der Waals surface area contributed by atoms with Crippen LogP contribution in [-0.2, 0) is 36.6 Å². The molecule has 4 atom stereocenters. The predicted octanol–water partition coefficient (Wildman–Crippen LogP) is 4.98. The van der Waals surface area contributed by atoms with Crippen molar-refractivity contribution in [2.75, 3.05) is 20.2 Å². The maximum Gasteiger partial charge on any atom is 0.338 e. The van der Waals surface area contributed by atoms with Crippen molar-refractivity contribution in [2.24, 2.45) is 11.8 Å². The number of hydrogen-bond donors (Lipinski definition) is 3. The fourth-order valence-electron chi connectivity index (χ4n) is 7.45. The van der Waals surface area contributed by atoms with Crippen LogP contribution in [-0.4, -0.2) is 83.2 Å². The number of allylic oxidation sites excluding steroid dienone is 1. The monoisotopic (exact) mass is 706 g/mol. The molecule has 3 N–H and O–H groups in total. The fraction of sp³-hybridized carbons (Fsp3) is 0.405. The highest BCUT2D eigenvalue weighted by atomic mass is 16.8. The van der Waals surface area contributed by atoms with E-state index in [4.69, 9.17) is 14.2 Å². The highest BCUT2D eigenvalue weighted by Gasteiger charge is 2.64. The molecule has 4 aliphatic rings. The maximum absolute atomic E-state index is 14.3. The number of nitrogens with zero attached hydrogens (tertiary/aromatic N) is 1. The van der Waals surface area contributed by atoms with Crippen LogP contribution in [0.3, 0.4) is 0 Å². The average Bonchev–Trinajstić information content (AvgIpc) is 4.11. The van der Waals surface area contributed by atoms with Gasteiger partial charge in [-0.25, -0.2) is 4.79 Å². The second kappa shape index (κ2) is 15.5. The van der Waals surface area contributed by atoms with Crippen molar-refractivity contribution in [3.05, 3.63) is 119 Å². The number of nitrogens with one attached hydrogen (secondary N) is 1. The van der Waals surface area contributed by atoms with Crippen LogP contribution in [0.15, 0.2) is 96.6 Å². The van der Waals surface area contributed by atoms with Crippen LogP contribution in [0.5, 0.6) is 5.75 Å². The number of fused-ring (bicyclic) bond motifs is 1. The molecule has 1 aliphatic heterocycles. The molecule has 1 saturated heterocycles. The molecule has 2 amide bonds. The number of aliphatic hydroxyl groups is 1. The number of likely N-dealkylation sites (N-methyl/N-ethyl adjacent to an activating group) is 1. The summed E-state index contributed by atoms with van der Waals surface area (Å²) in [6.07, 6.45) is 8.58. The Bertz CT molecular complexity index is 1820. The van der Waals surface area contributed by atoms with Gasteiger partial charge in [-0.05, 0) is 73.1 Å². The van der Waals surface area contributed by atoms with Gasteiger partial charge in [-0.15, -0.1) is 0 Å². The zero-order valence-corrected chi connectivity index (χ0v) is 29.4. The van der Waals surface area contributed by atoms with E-state index in [1.54, 1.807) is 37.4 Å². The van der Waals surface area contributed by atoms with Crippen LogP contribution in [0, 0.1) is 11.8 Å². The van der Waals surface area contributed by atoms with E-state index in [1.807, 2.05) is 66.8 Å². The van der Waals surface area contributed by atoms with Gasteiger partial charge in [-0.2, -0.15) is 0 Å². The summed E-state index contributed by atoms with van der Waals surface area (Å²) in [4.78, 5) is 42.9. The van der Waals surface area contributed by atoms with E-state index >= 15 is 0 Å². The molecule has 0 spiro atoms. The van der Waals surface area contributed by atoms with Crippen LogP contribution in [0.2, 0.25) is 0 Å². The molecule has 0 unspecified atom stereocenters. The van der Waals surface area contributed by atoms with Gasteiger partial charge >= 0.3 is 5.97 Å². The number of aliphatic hydroxyl groups excluding tert-OH is 1. The molecule has 52 heavy (non-hydrogen) atoms. The average molecular weight is 707 g/mol. The van der Waals surface area contributed by atoms with Crippen molar-refractivity contribution < 1.29 is 38.8 Å². The molecule has 3 fully saturated rings. The van der Waals surface area contributed by atoms with Crippen LogP contribution in [0.4, 0.5) is 0 Å². The molecule has 1 heterocycles. The van der Waals surface area contributed by atoms with Crippen molar-refractivity contribution in [2.45, 2.75) is 75.1 Å². The number of benzene rings is 3. The lowest BCUT2D eigenvalue weighted by Gasteiger charge is -2.33. The summed E-state index contributed by atoms with van der Waals surface area (Å²) in [7, 11) is 1.60. The Kier molecular flexibility index (Phi) is 10.6. The Morgan fingerprint density at radius 1 is 0.981 bits per heavy atom. The molecule has 3 aromatic carbocycles. The minimum atomic E-state index is -0.847. The van der Waals surface area contributed by atoms with Crippen molar-refractivity contribution in [3.63, 3.8) is 0 Å². The first kappa shape index (κ1) is 35.6. The first-order chi connectivity index (χ1) is 25.3. The Balaban J connectivity index is 1.12. The van der Waals surface area contributed by atoms with Gasteiger partial charge in [0.25, 0.3) is 0 Å². The van der Waals surface area contributed by atoms with Gasteiger partial charge in [-0.3, -0.25) is 9.59 Å². The highest BCUT2D eigenvalue weighted by molar-refractivity contribution is 5.97. The topological polar surface area (TPSA) is 135 Å². The number of phenols is 1. The molecule has 7 rings (SSSR count). The Morgan fingerprint density at radius 3 is 2.42 bits per heavy atom. The SMILES string of the molecule is CN(C(=O)C1=C[C@H]2OC(C3CC3)(C3CC3)O[C@H]2[C@H](OC(=O)c2cccc(C=CCc3ccccc3O)c2)C1)[C@H](Cc1ccccc1)C(=O)NCCO. The fourth-order valence-corrected chi connectivity index (χ4v) is 7.45. The van der Waals surface area contributed by atoms with E-state index in [0.29, 0.717) is 17.6 Å². The van der Waals surface area contributed by atoms with Crippen molar-refractivity contribution in [1.82, 2.24) is 10.2 Å².